The van der Waals surface area contributed by atoms with E-state index in [1.54, 1.807) is 9.36 Å². The summed E-state index contributed by atoms with van der Waals surface area (Å²) in [4.78, 5) is 0. The lowest BCUT2D eigenvalue weighted by molar-refractivity contribution is 0.683. The topological polar surface area (TPSA) is 61.7 Å². The van der Waals surface area contributed by atoms with Gasteiger partial charge in [-0.2, -0.15) is 10.2 Å². The summed E-state index contributed by atoms with van der Waals surface area (Å²) in [6.45, 7) is 5.64. The molecule has 0 aromatic carbocycles. The molecule has 2 rings (SSSR count). The van der Waals surface area contributed by atoms with Crippen LogP contribution < -0.4 is 5.73 Å². The summed E-state index contributed by atoms with van der Waals surface area (Å²) < 4.78 is 3.44. The van der Waals surface area contributed by atoms with E-state index in [2.05, 4.69) is 10.2 Å². The van der Waals surface area contributed by atoms with Crippen LogP contribution in [0.25, 0.3) is 5.82 Å². The van der Waals surface area contributed by atoms with Crippen molar-refractivity contribution in [3.8, 4) is 5.82 Å². The van der Waals surface area contributed by atoms with Gasteiger partial charge in [0.2, 0.25) is 0 Å². The summed E-state index contributed by atoms with van der Waals surface area (Å²) in [7, 11) is 1.84. The molecule has 0 bridgehead atoms. The summed E-state index contributed by atoms with van der Waals surface area (Å²) in [6, 6.07) is 0. The first-order valence-electron chi connectivity index (χ1n) is 4.94. The van der Waals surface area contributed by atoms with Gasteiger partial charge >= 0.3 is 0 Å². The number of halogens is 1. The summed E-state index contributed by atoms with van der Waals surface area (Å²) >= 11 is 6.11. The van der Waals surface area contributed by atoms with Crippen LogP contribution in [0, 0.1) is 20.8 Å². The molecule has 0 aliphatic heterocycles. The van der Waals surface area contributed by atoms with Crippen molar-refractivity contribution < 1.29 is 0 Å². The number of rotatable bonds is 1. The molecule has 0 unspecified atom stereocenters. The zero-order chi connectivity index (χ0) is 12.0. The number of nitrogen functional groups attached to an aromatic ring is 1. The Hall–Kier alpha value is -1.49. The molecule has 0 aliphatic rings. The lowest BCUT2D eigenvalue weighted by Gasteiger charge is -2.05. The first-order chi connectivity index (χ1) is 7.43. The van der Waals surface area contributed by atoms with Gasteiger partial charge < -0.3 is 5.73 Å². The van der Waals surface area contributed by atoms with Crippen molar-refractivity contribution in [1.82, 2.24) is 19.6 Å². The molecule has 0 atom stereocenters. The van der Waals surface area contributed by atoms with Crippen LogP contribution in [0.5, 0.6) is 0 Å². The van der Waals surface area contributed by atoms with Crippen molar-refractivity contribution in [2.24, 2.45) is 7.05 Å². The smallest absolute Gasteiger partial charge is 0.175 e. The first-order valence-corrected chi connectivity index (χ1v) is 5.32. The van der Waals surface area contributed by atoms with Gasteiger partial charge in [0.25, 0.3) is 0 Å². The third-order valence-electron chi connectivity index (χ3n) is 2.64. The Labute approximate surface area is 98.8 Å². The van der Waals surface area contributed by atoms with Crippen molar-refractivity contribution in [2.45, 2.75) is 20.8 Å². The highest BCUT2D eigenvalue weighted by atomic mass is 35.5. The van der Waals surface area contributed by atoms with E-state index in [1.807, 2.05) is 27.8 Å². The minimum Gasteiger partial charge on any atom is -0.394 e. The SMILES string of the molecule is Cc1nn(C)c(-n2nc(C)c(Cl)c2C)c1N. The predicted molar refractivity (Wildman–Crippen MR) is 64.0 cm³/mol. The normalized spacial score (nSPS) is 11.1. The maximum Gasteiger partial charge on any atom is 0.175 e. The average molecular weight is 240 g/mol. The van der Waals surface area contributed by atoms with E-state index in [9.17, 15) is 0 Å². The Morgan fingerprint density at radius 3 is 2.12 bits per heavy atom. The van der Waals surface area contributed by atoms with E-state index in [4.69, 9.17) is 17.3 Å². The van der Waals surface area contributed by atoms with Gasteiger partial charge in [0, 0.05) is 7.05 Å². The molecular formula is C10H14ClN5. The number of aromatic nitrogens is 4. The van der Waals surface area contributed by atoms with Gasteiger partial charge in [-0.25, -0.2) is 9.36 Å². The number of anilines is 1. The van der Waals surface area contributed by atoms with Gasteiger partial charge in [0.05, 0.1) is 27.8 Å². The molecule has 86 valence electrons. The van der Waals surface area contributed by atoms with Crippen molar-refractivity contribution in [1.29, 1.82) is 0 Å². The van der Waals surface area contributed by atoms with Gasteiger partial charge in [0.1, 0.15) is 0 Å². The van der Waals surface area contributed by atoms with E-state index in [1.165, 1.54) is 0 Å². The van der Waals surface area contributed by atoms with Gasteiger partial charge in [-0.05, 0) is 20.8 Å². The lowest BCUT2D eigenvalue weighted by atomic mass is 10.3. The number of aryl methyl sites for hydroxylation is 3. The Kier molecular flexibility index (Phi) is 2.42. The molecule has 2 aromatic heterocycles. The van der Waals surface area contributed by atoms with Crippen LogP contribution in [-0.2, 0) is 7.05 Å². The molecular weight excluding hydrogens is 226 g/mol. The third kappa shape index (κ3) is 1.39. The van der Waals surface area contributed by atoms with Crippen LogP contribution in [0.4, 0.5) is 5.69 Å². The van der Waals surface area contributed by atoms with Crippen molar-refractivity contribution in [2.75, 3.05) is 5.73 Å². The van der Waals surface area contributed by atoms with Crippen LogP contribution in [0.15, 0.2) is 0 Å². The summed E-state index contributed by atoms with van der Waals surface area (Å²) in [5.74, 6) is 0.755. The van der Waals surface area contributed by atoms with E-state index < -0.39 is 0 Å². The maximum atomic E-state index is 6.11. The highest BCUT2D eigenvalue weighted by molar-refractivity contribution is 6.31. The van der Waals surface area contributed by atoms with Crippen molar-refractivity contribution in [3.05, 3.63) is 22.1 Å². The fourth-order valence-electron chi connectivity index (χ4n) is 1.74. The average Bonchev–Trinajstić information content (AvgIpc) is 2.60. The summed E-state index contributed by atoms with van der Waals surface area (Å²) in [5, 5.41) is 9.28. The zero-order valence-electron chi connectivity index (χ0n) is 9.74. The highest BCUT2D eigenvalue weighted by Gasteiger charge is 2.17. The highest BCUT2D eigenvalue weighted by Crippen LogP contribution is 2.26. The minimum atomic E-state index is 0.629. The summed E-state index contributed by atoms with van der Waals surface area (Å²) in [5.41, 5.74) is 9.06. The Morgan fingerprint density at radius 2 is 1.75 bits per heavy atom. The number of hydrogen-bond acceptors (Lipinski definition) is 3. The predicted octanol–water partition coefficient (Wildman–Crippen LogP) is 1.77. The van der Waals surface area contributed by atoms with E-state index >= 15 is 0 Å². The molecule has 0 aliphatic carbocycles. The largest absolute Gasteiger partial charge is 0.394 e. The van der Waals surface area contributed by atoms with Crippen molar-refractivity contribution in [3.63, 3.8) is 0 Å². The zero-order valence-corrected chi connectivity index (χ0v) is 10.5. The lowest BCUT2D eigenvalue weighted by Crippen LogP contribution is -2.08. The molecule has 0 saturated heterocycles. The second kappa shape index (κ2) is 3.52. The Balaban J connectivity index is 2.72. The number of nitrogens with zero attached hydrogens (tertiary/aromatic N) is 4. The van der Waals surface area contributed by atoms with E-state index in [0.29, 0.717) is 10.7 Å². The van der Waals surface area contributed by atoms with E-state index in [-0.39, 0.29) is 0 Å². The third-order valence-corrected chi connectivity index (χ3v) is 3.19. The van der Waals surface area contributed by atoms with E-state index in [0.717, 1.165) is 22.9 Å². The molecule has 16 heavy (non-hydrogen) atoms. The van der Waals surface area contributed by atoms with Gasteiger partial charge in [0.15, 0.2) is 5.82 Å². The summed E-state index contributed by atoms with van der Waals surface area (Å²) in [6.07, 6.45) is 0. The molecule has 0 radical (unpaired) electrons. The molecule has 6 heteroatoms. The number of hydrogen-bond donors (Lipinski definition) is 1. The Morgan fingerprint density at radius 1 is 1.12 bits per heavy atom. The molecule has 0 saturated carbocycles. The standard InChI is InChI=1S/C10H14ClN5/c1-5-8(11)7(3)16(14-5)10-9(12)6(2)13-15(10)4/h12H2,1-4H3. The fourth-order valence-corrected chi connectivity index (χ4v) is 1.86. The van der Waals surface area contributed by atoms with Gasteiger partial charge in [-0.3, -0.25) is 0 Å². The molecule has 2 N–H and O–H groups in total. The fraction of sp³-hybridized carbons (Fsp3) is 0.400. The van der Waals surface area contributed by atoms with Gasteiger partial charge in [-0.15, -0.1) is 0 Å². The van der Waals surface area contributed by atoms with Crippen LogP contribution in [0.1, 0.15) is 17.1 Å². The number of nitrogens with two attached hydrogens (primary N) is 1. The molecule has 0 fully saturated rings. The molecule has 0 spiro atoms. The second-order valence-corrected chi connectivity index (χ2v) is 4.22. The second-order valence-electron chi connectivity index (χ2n) is 3.84. The monoisotopic (exact) mass is 239 g/mol. The molecule has 2 aromatic rings. The Bertz CT molecular complexity index is 552. The van der Waals surface area contributed by atoms with Crippen molar-refractivity contribution >= 4 is 17.3 Å². The van der Waals surface area contributed by atoms with Crippen LogP contribution in [0.2, 0.25) is 5.02 Å². The van der Waals surface area contributed by atoms with Crippen LogP contribution >= 0.6 is 11.6 Å². The minimum absolute atomic E-state index is 0.629. The molecule has 2 heterocycles. The molecule has 5 nitrogen and oxygen atoms in total. The maximum absolute atomic E-state index is 6.11. The quantitative estimate of drug-likeness (QED) is 0.825. The molecule has 0 amide bonds. The van der Waals surface area contributed by atoms with Crippen LogP contribution in [0.3, 0.4) is 0 Å². The van der Waals surface area contributed by atoms with Crippen LogP contribution in [-0.4, -0.2) is 19.6 Å². The van der Waals surface area contributed by atoms with Gasteiger partial charge in [-0.1, -0.05) is 11.6 Å². The first kappa shape index (κ1) is 11.0.